The number of carbonyl (C=O) groups is 1. The highest BCUT2D eigenvalue weighted by molar-refractivity contribution is 7.86. The van der Waals surface area contributed by atoms with Crippen LogP contribution in [0.3, 0.4) is 0 Å². The summed E-state index contributed by atoms with van der Waals surface area (Å²) in [7, 11) is -0.354. The van der Waals surface area contributed by atoms with Crippen molar-refractivity contribution in [3.05, 3.63) is 18.2 Å². The summed E-state index contributed by atoms with van der Waals surface area (Å²) in [6.07, 6.45) is 0. The second-order valence-corrected chi connectivity index (χ2v) is 8.69. The molecule has 10 heteroatoms. The highest BCUT2D eigenvalue weighted by Crippen LogP contribution is 2.29. The molecule has 29 heavy (non-hydrogen) atoms. The largest absolute Gasteiger partial charge is 0.497 e. The van der Waals surface area contributed by atoms with Gasteiger partial charge in [0.1, 0.15) is 11.5 Å². The maximum atomic E-state index is 12.8. The fourth-order valence-electron chi connectivity index (χ4n) is 3.35. The first kappa shape index (κ1) is 23.4. The van der Waals surface area contributed by atoms with Crippen LogP contribution >= 0.6 is 0 Å². The molecule has 1 atom stereocenters. The molecule has 0 unspecified atom stereocenters. The summed E-state index contributed by atoms with van der Waals surface area (Å²) < 4.78 is 38.8. The first-order chi connectivity index (χ1) is 13.8. The lowest BCUT2D eigenvalue weighted by molar-refractivity contribution is -0.121. The quantitative estimate of drug-likeness (QED) is 0.636. The van der Waals surface area contributed by atoms with Crippen LogP contribution in [0, 0.1) is 0 Å². The Hall–Kier alpha value is -1.88. The Bertz CT molecular complexity index is 790. The number of benzene rings is 1. The molecular weight excluding hydrogens is 396 g/mol. The van der Waals surface area contributed by atoms with Gasteiger partial charge in [-0.2, -0.15) is 17.0 Å². The van der Waals surface area contributed by atoms with Crippen molar-refractivity contribution < 1.29 is 22.7 Å². The highest BCUT2D eigenvalue weighted by Gasteiger charge is 2.33. The van der Waals surface area contributed by atoms with Crippen molar-refractivity contribution in [1.29, 1.82) is 0 Å². The lowest BCUT2D eigenvalue weighted by Crippen LogP contribution is -2.56. The third-order valence-electron chi connectivity index (χ3n) is 5.22. The van der Waals surface area contributed by atoms with Gasteiger partial charge in [-0.05, 0) is 19.1 Å². The van der Waals surface area contributed by atoms with Crippen molar-refractivity contribution in [2.75, 3.05) is 58.8 Å². The van der Waals surface area contributed by atoms with Crippen molar-refractivity contribution in [2.24, 2.45) is 0 Å². The van der Waals surface area contributed by atoms with Gasteiger partial charge in [0.15, 0.2) is 0 Å². The van der Waals surface area contributed by atoms with Gasteiger partial charge in [0, 0.05) is 45.3 Å². The molecule has 0 saturated carbocycles. The van der Waals surface area contributed by atoms with E-state index in [4.69, 9.17) is 9.47 Å². The zero-order valence-corrected chi connectivity index (χ0v) is 18.7. The maximum absolute atomic E-state index is 12.8. The molecule has 9 nitrogen and oxygen atoms in total. The molecular formula is C19H32N4O5S. The molecule has 1 N–H and O–H groups in total. The number of amides is 1. The normalized spacial score (nSPS) is 17.2. The second kappa shape index (κ2) is 10.2. The Balaban J connectivity index is 2.00. The molecule has 1 amide bonds. The molecule has 1 aliphatic rings. The lowest BCUT2D eigenvalue weighted by Gasteiger charge is -2.38. The number of piperazine rings is 1. The number of hydrogen-bond acceptors (Lipinski definition) is 6. The van der Waals surface area contributed by atoms with Crippen LogP contribution in [-0.2, 0) is 15.0 Å². The first-order valence-electron chi connectivity index (χ1n) is 9.80. The van der Waals surface area contributed by atoms with E-state index in [0.29, 0.717) is 56.5 Å². The fourth-order valence-corrected chi connectivity index (χ4v) is 4.95. The minimum Gasteiger partial charge on any atom is -0.497 e. The van der Waals surface area contributed by atoms with Gasteiger partial charge >= 0.3 is 0 Å². The molecule has 1 fully saturated rings. The number of methoxy groups -OCH3 is 2. The van der Waals surface area contributed by atoms with Gasteiger partial charge in [-0.3, -0.25) is 9.69 Å². The Morgan fingerprint density at radius 2 is 1.76 bits per heavy atom. The highest BCUT2D eigenvalue weighted by atomic mass is 32.2. The molecule has 2 rings (SSSR count). The van der Waals surface area contributed by atoms with Crippen LogP contribution in [0.1, 0.15) is 20.8 Å². The average Bonchev–Trinajstić information content (AvgIpc) is 2.73. The van der Waals surface area contributed by atoms with Gasteiger partial charge in [-0.1, -0.05) is 13.8 Å². The van der Waals surface area contributed by atoms with E-state index in [2.05, 4.69) is 5.32 Å². The van der Waals surface area contributed by atoms with E-state index < -0.39 is 16.3 Å². The SMILES string of the molecule is CCN(CC)S(=O)(=O)N1CCN([C@@H](C)C(=O)Nc2cc(OC)ccc2OC)CC1. The van der Waals surface area contributed by atoms with Gasteiger partial charge < -0.3 is 14.8 Å². The molecule has 1 aromatic rings. The molecule has 1 aliphatic heterocycles. The van der Waals surface area contributed by atoms with Gasteiger partial charge in [-0.25, -0.2) is 0 Å². The number of anilines is 1. The Morgan fingerprint density at radius 1 is 1.14 bits per heavy atom. The lowest BCUT2D eigenvalue weighted by atomic mass is 10.2. The number of ether oxygens (including phenoxy) is 2. The third kappa shape index (κ3) is 5.39. The van der Waals surface area contributed by atoms with Crippen LogP contribution in [0.5, 0.6) is 11.5 Å². The fraction of sp³-hybridized carbons (Fsp3) is 0.632. The van der Waals surface area contributed by atoms with Crippen molar-refractivity contribution >= 4 is 21.8 Å². The molecule has 0 aliphatic carbocycles. The van der Waals surface area contributed by atoms with E-state index in [1.54, 1.807) is 25.3 Å². The van der Waals surface area contributed by atoms with E-state index in [1.807, 2.05) is 25.7 Å². The standard InChI is InChI=1S/C19H32N4O5S/c1-6-22(7-2)29(25,26)23-12-10-21(11-13-23)15(3)19(24)20-17-14-16(27-4)8-9-18(17)28-5/h8-9,14-15H,6-7,10-13H2,1-5H3,(H,20,24)/t15-/m0/s1. The number of nitrogens with zero attached hydrogens (tertiary/aromatic N) is 3. The topological polar surface area (TPSA) is 91.4 Å². The monoisotopic (exact) mass is 428 g/mol. The smallest absolute Gasteiger partial charge is 0.282 e. The Labute approximate surface area is 173 Å². The summed E-state index contributed by atoms with van der Waals surface area (Å²) in [5.74, 6) is 0.974. The van der Waals surface area contributed by atoms with Crippen molar-refractivity contribution in [1.82, 2.24) is 13.5 Å². The Morgan fingerprint density at radius 3 is 2.28 bits per heavy atom. The van der Waals surface area contributed by atoms with Crippen LogP contribution in [-0.4, -0.2) is 87.4 Å². The van der Waals surface area contributed by atoms with Crippen LogP contribution in [0.4, 0.5) is 5.69 Å². The van der Waals surface area contributed by atoms with Gasteiger partial charge in [0.05, 0.1) is 25.9 Å². The van der Waals surface area contributed by atoms with E-state index >= 15 is 0 Å². The van der Waals surface area contributed by atoms with E-state index in [0.717, 1.165) is 0 Å². The molecule has 0 bridgehead atoms. The summed E-state index contributed by atoms with van der Waals surface area (Å²) in [6.45, 7) is 8.07. The number of nitrogens with one attached hydrogen (secondary N) is 1. The second-order valence-electron chi connectivity index (χ2n) is 6.76. The summed E-state index contributed by atoms with van der Waals surface area (Å²) in [5.41, 5.74) is 0.534. The van der Waals surface area contributed by atoms with Crippen LogP contribution in [0.25, 0.3) is 0 Å². The first-order valence-corrected chi connectivity index (χ1v) is 11.2. The van der Waals surface area contributed by atoms with Gasteiger partial charge in [-0.15, -0.1) is 0 Å². The van der Waals surface area contributed by atoms with E-state index in [1.165, 1.54) is 15.7 Å². The molecule has 164 valence electrons. The zero-order valence-electron chi connectivity index (χ0n) is 17.8. The maximum Gasteiger partial charge on any atom is 0.282 e. The number of hydrogen-bond donors (Lipinski definition) is 1. The Kier molecular flexibility index (Phi) is 8.26. The zero-order chi connectivity index (χ0) is 21.6. The minimum atomic E-state index is -3.45. The van der Waals surface area contributed by atoms with Gasteiger partial charge in [0.2, 0.25) is 5.91 Å². The summed E-state index contributed by atoms with van der Waals surface area (Å²) in [4.78, 5) is 14.8. The molecule has 0 aromatic heterocycles. The number of carbonyl (C=O) groups excluding carboxylic acids is 1. The van der Waals surface area contributed by atoms with E-state index in [-0.39, 0.29) is 5.91 Å². The molecule has 0 spiro atoms. The van der Waals surface area contributed by atoms with Crippen LogP contribution < -0.4 is 14.8 Å². The third-order valence-corrected chi connectivity index (χ3v) is 7.41. The predicted molar refractivity (Wildman–Crippen MR) is 113 cm³/mol. The summed E-state index contributed by atoms with van der Waals surface area (Å²) in [6, 6.07) is 4.78. The minimum absolute atomic E-state index is 0.184. The van der Waals surface area contributed by atoms with Crippen molar-refractivity contribution in [2.45, 2.75) is 26.8 Å². The van der Waals surface area contributed by atoms with Crippen LogP contribution in [0.15, 0.2) is 18.2 Å². The molecule has 1 heterocycles. The average molecular weight is 429 g/mol. The van der Waals surface area contributed by atoms with Crippen LogP contribution in [0.2, 0.25) is 0 Å². The van der Waals surface area contributed by atoms with E-state index in [9.17, 15) is 13.2 Å². The number of rotatable bonds is 9. The summed E-state index contributed by atoms with van der Waals surface area (Å²) in [5, 5.41) is 2.89. The molecule has 1 saturated heterocycles. The van der Waals surface area contributed by atoms with Crippen molar-refractivity contribution in [3.63, 3.8) is 0 Å². The predicted octanol–water partition coefficient (Wildman–Crippen LogP) is 1.24. The summed E-state index contributed by atoms with van der Waals surface area (Å²) >= 11 is 0. The molecule has 1 aromatic carbocycles. The molecule has 0 radical (unpaired) electrons. The van der Waals surface area contributed by atoms with Gasteiger partial charge in [0.25, 0.3) is 10.2 Å². The van der Waals surface area contributed by atoms with Crippen molar-refractivity contribution in [3.8, 4) is 11.5 Å².